The second kappa shape index (κ2) is 10.1. The van der Waals surface area contributed by atoms with Crippen LogP contribution in [0.15, 0.2) is 57.8 Å². The number of para-hydroxylation sites is 1. The Kier molecular flexibility index (Phi) is 7.50. The van der Waals surface area contributed by atoms with E-state index >= 15 is 0 Å². The van der Waals surface area contributed by atoms with Crippen LogP contribution in [0.4, 0.5) is 11.4 Å². The van der Waals surface area contributed by atoms with E-state index < -0.39 is 0 Å². The first kappa shape index (κ1) is 19.3. The number of hydrogen-bond donors (Lipinski definition) is 3. The Morgan fingerprint density at radius 2 is 2.00 bits per heavy atom. The molecule has 7 nitrogen and oxygen atoms in total. The van der Waals surface area contributed by atoms with Crippen molar-refractivity contribution >= 4 is 34.9 Å². The maximum atomic E-state index is 9.94. The average Bonchev–Trinajstić information content (AvgIpc) is 2.63. The van der Waals surface area contributed by atoms with Gasteiger partial charge in [-0.3, -0.25) is 5.43 Å². The quantitative estimate of drug-likeness (QED) is 0.296. The maximum Gasteiger partial charge on any atom is 0.186 e. The predicted octanol–water partition coefficient (Wildman–Crippen LogP) is 4.02. The molecule has 0 heterocycles. The normalized spacial score (nSPS) is 11.0. The fraction of sp³-hybridized carbons (Fsp3) is 0.222. The molecule has 0 aliphatic carbocycles. The molecule has 0 spiro atoms. The van der Waals surface area contributed by atoms with E-state index in [0.29, 0.717) is 41.0 Å². The number of aromatic hydroxyl groups is 1. The summed E-state index contributed by atoms with van der Waals surface area (Å²) in [5, 5.41) is 25.7. The molecule has 0 aliphatic heterocycles. The Morgan fingerprint density at radius 1 is 1.19 bits per heavy atom. The molecule has 0 radical (unpaired) electrons. The van der Waals surface area contributed by atoms with Crippen LogP contribution >= 0.6 is 12.2 Å². The molecule has 0 aliphatic rings. The van der Waals surface area contributed by atoms with E-state index in [4.69, 9.17) is 17.0 Å². The molecular weight excluding hydrogens is 350 g/mol. The molecule has 0 atom stereocenters. The molecule has 26 heavy (non-hydrogen) atoms. The third-order valence-electron chi connectivity index (χ3n) is 3.16. The predicted molar refractivity (Wildman–Crippen MR) is 107 cm³/mol. The highest BCUT2D eigenvalue weighted by atomic mass is 32.1. The standard InChI is InChI=1S/C18H21N5O2S/c1-3-19-18(26)23-20-12-13-11-14(9-10-16(13)24)21-22-15-7-5-6-8-17(15)25-4-2/h5-12,24H,3-4H2,1-2H3,(H2,19,23,26). The molecule has 136 valence electrons. The molecule has 0 saturated carbocycles. The van der Waals surface area contributed by atoms with Gasteiger partial charge in [0.15, 0.2) is 5.11 Å². The van der Waals surface area contributed by atoms with Crippen LogP contribution in [0, 0.1) is 0 Å². The van der Waals surface area contributed by atoms with Crippen molar-refractivity contribution in [2.75, 3.05) is 13.2 Å². The van der Waals surface area contributed by atoms with E-state index in [-0.39, 0.29) is 5.75 Å². The van der Waals surface area contributed by atoms with Crippen molar-refractivity contribution in [3.05, 3.63) is 48.0 Å². The highest BCUT2D eigenvalue weighted by Gasteiger charge is 2.03. The largest absolute Gasteiger partial charge is 0.507 e. The Morgan fingerprint density at radius 3 is 2.77 bits per heavy atom. The van der Waals surface area contributed by atoms with Crippen molar-refractivity contribution < 1.29 is 9.84 Å². The first-order valence-electron chi connectivity index (χ1n) is 8.17. The summed E-state index contributed by atoms with van der Waals surface area (Å²) in [4.78, 5) is 0. The number of thiocarbonyl (C=S) groups is 1. The van der Waals surface area contributed by atoms with Crippen molar-refractivity contribution in [2.45, 2.75) is 13.8 Å². The van der Waals surface area contributed by atoms with E-state index in [1.54, 1.807) is 12.1 Å². The number of phenolic OH excluding ortho intramolecular Hbond substituents is 1. The number of phenols is 1. The highest BCUT2D eigenvalue weighted by molar-refractivity contribution is 7.80. The number of nitrogens with one attached hydrogen (secondary N) is 2. The van der Waals surface area contributed by atoms with Crippen molar-refractivity contribution in [1.82, 2.24) is 10.7 Å². The average molecular weight is 371 g/mol. The molecule has 0 saturated heterocycles. The molecule has 0 unspecified atom stereocenters. The van der Waals surface area contributed by atoms with Gasteiger partial charge in [-0.05, 0) is 56.4 Å². The molecule has 3 N–H and O–H groups in total. The van der Waals surface area contributed by atoms with Crippen LogP contribution in [0.25, 0.3) is 0 Å². The fourth-order valence-corrected chi connectivity index (χ4v) is 2.19. The first-order valence-corrected chi connectivity index (χ1v) is 8.58. The molecule has 0 bridgehead atoms. The molecule has 2 aromatic carbocycles. The van der Waals surface area contributed by atoms with Gasteiger partial charge in [0, 0.05) is 12.1 Å². The van der Waals surface area contributed by atoms with E-state index in [1.165, 1.54) is 12.3 Å². The van der Waals surface area contributed by atoms with Gasteiger partial charge in [-0.25, -0.2) is 0 Å². The summed E-state index contributed by atoms with van der Waals surface area (Å²) in [7, 11) is 0. The Labute approximate surface area is 157 Å². The topological polar surface area (TPSA) is 90.6 Å². The van der Waals surface area contributed by atoms with Gasteiger partial charge in [-0.1, -0.05) is 12.1 Å². The third kappa shape index (κ3) is 5.82. The van der Waals surface area contributed by atoms with Crippen LogP contribution in [0.3, 0.4) is 0 Å². The van der Waals surface area contributed by atoms with Crippen LogP contribution in [0.2, 0.25) is 0 Å². The zero-order valence-corrected chi connectivity index (χ0v) is 15.5. The summed E-state index contributed by atoms with van der Waals surface area (Å²) in [6, 6.07) is 12.3. The third-order valence-corrected chi connectivity index (χ3v) is 3.39. The molecule has 0 aromatic heterocycles. The van der Waals surface area contributed by atoms with Crippen LogP contribution in [0.5, 0.6) is 11.5 Å². The van der Waals surface area contributed by atoms with Gasteiger partial charge in [0.25, 0.3) is 0 Å². The Hall–Kier alpha value is -3.00. The van der Waals surface area contributed by atoms with Crippen LogP contribution < -0.4 is 15.5 Å². The Bertz CT molecular complexity index is 808. The zero-order chi connectivity index (χ0) is 18.8. The second-order valence-electron chi connectivity index (χ2n) is 5.07. The number of azo groups is 1. The number of ether oxygens (including phenoxy) is 1. The summed E-state index contributed by atoms with van der Waals surface area (Å²) in [6.45, 7) is 5.09. The van der Waals surface area contributed by atoms with Crippen LogP contribution in [0.1, 0.15) is 19.4 Å². The summed E-state index contributed by atoms with van der Waals surface area (Å²) in [5.74, 6) is 0.749. The lowest BCUT2D eigenvalue weighted by atomic mass is 10.2. The fourth-order valence-electron chi connectivity index (χ4n) is 2.00. The van der Waals surface area contributed by atoms with Crippen molar-refractivity contribution in [2.24, 2.45) is 15.3 Å². The van der Waals surface area contributed by atoms with Crippen molar-refractivity contribution in [3.8, 4) is 11.5 Å². The molecular formula is C18H21N5O2S. The summed E-state index contributed by atoms with van der Waals surface area (Å²) < 4.78 is 5.52. The number of hydrazone groups is 1. The van der Waals surface area contributed by atoms with Gasteiger partial charge in [-0.15, -0.1) is 5.11 Å². The second-order valence-corrected chi connectivity index (χ2v) is 5.48. The van der Waals surface area contributed by atoms with Crippen molar-refractivity contribution in [1.29, 1.82) is 0 Å². The SMILES string of the molecule is CCNC(=S)NN=Cc1cc(N=Nc2ccccc2OCC)ccc1O. The van der Waals surface area contributed by atoms with Gasteiger partial charge in [-0.2, -0.15) is 10.2 Å². The summed E-state index contributed by atoms with van der Waals surface area (Å²) in [5.41, 5.74) is 4.37. The number of rotatable bonds is 7. The number of hydrogen-bond acceptors (Lipinski definition) is 6. The highest BCUT2D eigenvalue weighted by Crippen LogP contribution is 2.29. The molecule has 8 heteroatoms. The summed E-state index contributed by atoms with van der Waals surface area (Å²) >= 11 is 5.01. The van der Waals surface area contributed by atoms with Gasteiger partial charge in [0.2, 0.25) is 0 Å². The van der Waals surface area contributed by atoms with Gasteiger partial charge >= 0.3 is 0 Å². The molecule has 0 amide bonds. The van der Waals surface area contributed by atoms with E-state index in [2.05, 4.69) is 26.1 Å². The lowest BCUT2D eigenvalue weighted by Crippen LogP contribution is -2.31. The number of nitrogens with zero attached hydrogens (tertiary/aromatic N) is 3. The summed E-state index contributed by atoms with van der Waals surface area (Å²) in [6.07, 6.45) is 1.46. The van der Waals surface area contributed by atoms with Gasteiger partial charge in [0.05, 0.1) is 18.5 Å². The molecule has 2 aromatic rings. The minimum atomic E-state index is 0.0820. The van der Waals surface area contributed by atoms with E-state index in [0.717, 1.165) is 0 Å². The van der Waals surface area contributed by atoms with Crippen molar-refractivity contribution in [3.63, 3.8) is 0 Å². The minimum Gasteiger partial charge on any atom is -0.507 e. The zero-order valence-electron chi connectivity index (χ0n) is 14.6. The lowest BCUT2D eigenvalue weighted by Gasteiger charge is -2.05. The molecule has 0 fully saturated rings. The number of benzene rings is 2. The van der Waals surface area contributed by atoms with Crippen LogP contribution in [-0.4, -0.2) is 29.6 Å². The van der Waals surface area contributed by atoms with Gasteiger partial charge in [0.1, 0.15) is 17.2 Å². The first-order chi connectivity index (χ1) is 12.6. The lowest BCUT2D eigenvalue weighted by molar-refractivity contribution is 0.341. The Balaban J connectivity index is 2.14. The smallest absolute Gasteiger partial charge is 0.186 e. The molecule has 2 rings (SSSR count). The van der Waals surface area contributed by atoms with Gasteiger partial charge < -0.3 is 15.2 Å². The maximum absolute atomic E-state index is 9.94. The monoisotopic (exact) mass is 371 g/mol. The van der Waals surface area contributed by atoms with Crippen LogP contribution in [-0.2, 0) is 0 Å². The van der Waals surface area contributed by atoms with E-state index in [1.807, 2.05) is 38.1 Å². The van der Waals surface area contributed by atoms with E-state index in [9.17, 15) is 5.11 Å². The minimum absolute atomic E-state index is 0.0820.